The van der Waals surface area contributed by atoms with Crippen LogP contribution in [0.5, 0.6) is 11.5 Å². The molecule has 31 heavy (non-hydrogen) atoms. The van der Waals surface area contributed by atoms with E-state index in [4.69, 9.17) is 13.9 Å². The number of carbonyl (C=O) groups is 1. The van der Waals surface area contributed by atoms with Crippen LogP contribution in [0.3, 0.4) is 0 Å². The van der Waals surface area contributed by atoms with Gasteiger partial charge in [0.2, 0.25) is 12.3 Å². The van der Waals surface area contributed by atoms with Crippen molar-refractivity contribution in [1.82, 2.24) is 20.5 Å². The van der Waals surface area contributed by atoms with Crippen molar-refractivity contribution in [3.63, 3.8) is 0 Å². The molecule has 1 amide bonds. The highest BCUT2D eigenvalue weighted by Gasteiger charge is 2.17. The summed E-state index contributed by atoms with van der Waals surface area (Å²) in [6.07, 6.45) is 12.2. The van der Waals surface area contributed by atoms with Gasteiger partial charge in [-0.25, -0.2) is 4.79 Å². The standard InChI is InChI=1S/C23H26N4O4/c1-29-21-10-9-19(31-23(28)26-18-7-5-3-2-4-6-8-18)12-20(21)16-11-17(14-24-13-16)22-27-25-15-30-22/h9-15,18H,2-8H2,1H3,(H,26,28). The zero-order chi connectivity index (χ0) is 21.5. The minimum Gasteiger partial charge on any atom is -0.496 e. The summed E-state index contributed by atoms with van der Waals surface area (Å²) in [5.41, 5.74) is 2.21. The second-order valence-corrected chi connectivity index (χ2v) is 7.64. The number of hydrogen-bond acceptors (Lipinski definition) is 7. The van der Waals surface area contributed by atoms with Crippen molar-refractivity contribution in [1.29, 1.82) is 0 Å². The Kier molecular flexibility index (Phi) is 6.76. The second kappa shape index (κ2) is 10.1. The van der Waals surface area contributed by atoms with Gasteiger partial charge >= 0.3 is 6.09 Å². The first kappa shape index (κ1) is 20.8. The van der Waals surface area contributed by atoms with Gasteiger partial charge in [0.25, 0.3) is 0 Å². The van der Waals surface area contributed by atoms with Gasteiger partial charge < -0.3 is 19.2 Å². The van der Waals surface area contributed by atoms with E-state index in [2.05, 4.69) is 20.5 Å². The predicted octanol–water partition coefficient (Wildman–Crippen LogP) is 5.01. The van der Waals surface area contributed by atoms with Crippen molar-refractivity contribution in [2.75, 3.05) is 7.11 Å². The van der Waals surface area contributed by atoms with Crippen LogP contribution in [0.15, 0.2) is 47.5 Å². The molecule has 1 aliphatic carbocycles. The van der Waals surface area contributed by atoms with Crippen LogP contribution in [0.4, 0.5) is 4.79 Å². The Balaban J connectivity index is 1.51. The number of nitrogens with one attached hydrogen (secondary N) is 1. The molecule has 1 N–H and O–H groups in total. The monoisotopic (exact) mass is 422 g/mol. The molecule has 2 heterocycles. The van der Waals surface area contributed by atoms with Gasteiger partial charge in [0, 0.05) is 29.6 Å². The number of nitrogens with zero attached hydrogens (tertiary/aromatic N) is 3. The number of hydrogen-bond donors (Lipinski definition) is 1. The molecule has 1 aromatic carbocycles. The molecule has 2 aromatic heterocycles. The van der Waals surface area contributed by atoms with Crippen LogP contribution in [0.25, 0.3) is 22.6 Å². The maximum atomic E-state index is 12.5. The summed E-state index contributed by atoms with van der Waals surface area (Å²) >= 11 is 0. The summed E-state index contributed by atoms with van der Waals surface area (Å²) in [6, 6.07) is 7.30. The third kappa shape index (κ3) is 5.39. The SMILES string of the molecule is COc1ccc(OC(=O)NC2CCCCCCC2)cc1-c1cncc(-c2nnco2)c1. The molecule has 0 spiro atoms. The zero-order valence-electron chi connectivity index (χ0n) is 17.5. The van der Waals surface area contributed by atoms with E-state index in [0.29, 0.717) is 23.0 Å². The van der Waals surface area contributed by atoms with Crippen molar-refractivity contribution < 1.29 is 18.7 Å². The van der Waals surface area contributed by atoms with E-state index in [0.717, 1.165) is 36.8 Å². The van der Waals surface area contributed by atoms with Gasteiger partial charge in [-0.2, -0.15) is 0 Å². The van der Waals surface area contributed by atoms with Crippen molar-refractivity contribution in [2.45, 2.75) is 51.0 Å². The van der Waals surface area contributed by atoms with Crippen molar-refractivity contribution in [2.24, 2.45) is 0 Å². The van der Waals surface area contributed by atoms with Gasteiger partial charge in [-0.15, -0.1) is 10.2 Å². The van der Waals surface area contributed by atoms with Gasteiger partial charge in [0.05, 0.1) is 12.7 Å². The maximum absolute atomic E-state index is 12.5. The van der Waals surface area contributed by atoms with E-state index in [1.807, 2.05) is 6.07 Å². The fourth-order valence-electron chi connectivity index (χ4n) is 3.88. The average molecular weight is 422 g/mol. The topological polar surface area (TPSA) is 99.4 Å². The lowest BCUT2D eigenvalue weighted by atomic mass is 9.97. The molecule has 0 radical (unpaired) electrons. The molecular formula is C23H26N4O4. The molecule has 1 fully saturated rings. The molecule has 8 heteroatoms. The van der Waals surface area contributed by atoms with Crippen LogP contribution in [0, 0.1) is 0 Å². The Morgan fingerprint density at radius 3 is 2.58 bits per heavy atom. The summed E-state index contributed by atoms with van der Waals surface area (Å²) in [4.78, 5) is 16.8. The summed E-state index contributed by atoms with van der Waals surface area (Å²) in [6.45, 7) is 0. The summed E-state index contributed by atoms with van der Waals surface area (Å²) in [5, 5.41) is 10.6. The fraction of sp³-hybridized carbons (Fsp3) is 0.391. The van der Waals surface area contributed by atoms with Gasteiger partial charge in [0.15, 0.2) is 0 Å². The van der Waals surface area contributed by atoms with E-state index in [9.17, 15) is 4.79 Å². The van der Waals surface area contributed by atoms with Crippen molar-refractivity contribution >= 4 is 6.09 Å². The molecule has 0 atom stereocenters. The Hall–Kier alpha value is -3.42. The molecule has 8 nitrogen and oxygen atoms in total. The minimum absolute atomic E-state index is 0.167. The highest BCUT2D eigenvalue weighted by Crippen LogP contribution is 2.34. The lowest BCUT2D eigenvalue weighted by Crippen LogP contribution is -2.37. The first-order valence-electron chi connectivity index (χ1n) is 10.6. The van der Waals surface area contributed by atoms with E-state index >= 15 is 0 Å². The number of rotatable bonds is 5. The molecule has 4 rings (SSSR count). The van der Waals surface area contributed by atoms with E-state index < -0.39 is 6.09 Å². The largest absolute Gasteiger partial charge is 0.496 e. The lowest BCUT2D eigenvalue weighted by Gasteiger charge is -2.20. The molecule has 0 unspecified atom stereocenters. The number of pyridine rings is 1. The number of aromatic nitrogens is 3. The Morgan fingerprint density at radius 1 is 1.06 bits per heavy atom. The molecule has 162 valence electrons. The fourth-order valence-corrected chi connectivity index (χ4v) is 3.88. The first-order valence-corrected chi connectivity index (χ1v) is 10.6. The Bertz CT molecular complexity index is 999. The molecule has 0 aliphatic heterocycles. The van der Waals surface area contributed by atoms with Crippen LogP contribution in [-0.4, -0.2) is 34.4 Å². The van der Waals surface area contributed by atoms with Crippen LogP contribution in [-0.2, 0) is 0 Å². The van der Waals surface area contributed by atoms with Crippen LogP contribution < -0.4 is 14.8 Å². The van der Waals surface area contributed by atoms with E-state index in [-0.39, 0.29) is 6.04 Å². The third-order valence-electron chi connectivity index (χ3n) is 5.46. The number of ether oxygens (including phenoxy) is 2. The smallest absolute Gasteiger partial charge is 0.412 e. The summed E-state index contributed by atoms with van der Waals surface area (Å²) in [5.74, 6) is 1.44. The number of methoxy groups -OCH3 is 1. The average Bonchev–Trinajstić information content (AvgIpc) is 3.31. The molecule has 3 aromatic rings. The normalized spacial score (nSPS) is 15.0. The summed E-state index contributed by atoms with van der Waals surface area (Å²) < 4.78 is 16.3. The number of carbonyl (C=O) groups excluding carboxylic acids is 1. The van der Waals surface area contributed by atoms with Crippen molar-refractivity contribution in [3.8, 4) is 34.1 Å². The van der Waals surface area contributed by atoms with Gasteiger partial charge in [-0.3, -0.25) is 4.98 Å². The number of benzene rings is 1. The maximum Gasteiger partial charge on any atom is 0.412 e. The molecule has 1 aliphatic rings. The second-order valence-electron chi connectivity index (χ2n) is 7.64. The first-order chi connectivity index (χ1) is 15.2. The van der Waals surface area contributed by atoms with Gasteiger partial charge in [0.1, 0.15) is 11.5 Å². The zero-order valence-corrected chi connectivity index (χ0v) is 17.5. The predicted molar refractivity (Wildman–Crippen MR) is 115 cm³/mol. The minimum atomic E-state index is -0.431. The molecule has 0 bridgehead atoms. The third-order valence-corrected chi connectivity index (χ3v) is 5.46. The van der Waals surface area contributed by atoms with E-state index in [1.54, 1.807) is 37.7 Å². The van der Waals surface area contributed by atoms with Gasteiger partial charge in [-0.05, 0) is 37.1 Å². The number of amides is 1. The van der Waals surface area contributed by atoms with Crippen molar-refractivity contribution in [3.05, 3.63) is 43.1 Å². The highest BCUT2D eigenvalue weighted by molar-refractivity contribution is 5.76. The highest BCUT2D eigenvalue weighted by atomic mass is 16.6. The van der Waals surface area contributed by atoms with Crippen LogP contribution in [0.2, 0.25) is 0 Å². The van der Waals surface area contributed by atoms with Gasteiger partial charge in [-0.1, -0.05) is 32.1 Å². The van der Waals surface area contributed by atoms with E-state index in [1.165, 1.54) is 25.7 Å². The van der Waals surface area contributed by atoms with Crippen LogP contribution in [0.1, 0.15) is 44.9 Å². The molecular weight excluding hydrogens is 396 g/mol. The Labute approximate surface area is 181 Å². The Morgan fingerprint density at radius 2 is 1.84 bits per heavy atom. The molecule has 0 saturated heterocycles. The summed E-state index contributed by atoms with van der Waals surface area (Å²) in [7, 11) is 1.59. The quantitative estimate of drug-likeness (QED) is 0.617. The lowest BCUT2D eigenvalue weighted by molar-refractivity contribution is 0.193. The van der Waals surface area contributed by atoms with Crippen LogP contribution >= 0.6 is 0 Å². The molecule has 1 saturated carbocycles.